The fourth-order valence-corrected chi connectivity index (χ4v) is 2.95. The summed E-state index contributed by atoms with van der Waals surface area (Å²) in [5, 5.41) is 3.18. The van der Waals surface area contributed by atoms with Gasteiger partial charge >= 0.3 is 47.6 Å². The summed E-state index contributed by atoms with van der Waals surface area (Å²) in [6, 6.07) is 6.76. The largest absolute Gasteiger partial charge is 0.460 e. The van der Waals surface area contributed by atoms with Crippen LogP contribution in [0.4, 0.5) is 74.6 Å². The summed E-state index contributed by atoms with van der Waals surface area (Å²) in [6.45, 7) is 0. The Morgan fingerprint density at radius 2 is 1.00 bits per heavy atom. The number of benzene rings is 1. The van der Waals surface area contributed by atoms with E-state index in [1.165, 1.54) is 30.3 Å². The molecule has 1 aliphatic heterocycles. The van der Waals surface area contributed by atoms with Crippen LogP contribution < -0.4 is 0 Å². The maximum Gasteiger partial charge on any atom is 0.460 e. The van der Waals surface area contributed by atoms with Crippen LogP contribution in [-0.4, -0.2) is 59.4 Å². The molecule has 212 valence electrons. The van der Waals surface area contributed by atoms with Crippen LogP contribution in [-0.2, 0) is 4.84 Å². The molecule has 0 N–H and O–H groups in total. The minimum Gasteiger partial charge on any atom is -0.392 e. The second kappa shape index (κ2) is 8.78. The molecule has 0 saturated heterocycles. The topological polar surface area (TPSA) is 21.6 Å². The van der Waals surface area contributed by atoms with E-state index in [9.17, 15) is 74.6 Å². The zero-order chi connectivity index (χ0) is 29.1. The van der Waals surface area contributed by atoms with Crippen molar-refractivity contribution in [2.45, 2.75) is 66.6 Å². The first kappa shape index (κ1) is 30.7. The van der Waals surface area contributed by atoms with Gasteiger partial charge in [0, 0.05) is 6.42 Å². The first-order valence-electron chi connectivity index (χ1n) is 9.29. The zero-order valence-corrected chi connectivity index (χ0v) is 17.2. The lowest BCUT2D eigenvalue weighted by Crippen LogP contribution is -2.74. The molecule has 0 radical (unpaired) electrons. The van der Waals surface area contributed by atoms with Crippen LogP contribution in [0.1, 0.15) is 18.4 Å². The summed E-state index contributed by atoms with van der Waals surface area (Å²) in [6.07, 6.45) is -13.6. The highest BCUT2D eigenvalue weighted by molar-refractivity contribution is 6.01. The van der Waals surface area contributed by atoms with Crippen LogP contribution in [0.2, 0.25) is 0 Å². The number of rotatable bonds is 9. The molecule has 2 nitrogen and oxygen atoms in total. The van der Waals surface area contributed by atoms with Gasteiger partial charge in [-0.2, -0.15) is 74.6 Å². The fourth-order valence-electron chi connectivity index (χ4n) is 2.95. The quantitative estimate of drug-likeness (QED) is 0.277. The SMILES string of the molecule is FC(F)(F)C(F)(F)C(F)(F)C(F)(F)C(F)(F)C(F)(F)C(F)(F)C(F)(F)C[C@@H]1CC(c2ccccc2)=NO1. The van der Waals surface area contributed by atoms with Crippen molar-refractivity contribution < 1.29 is 79.5 Å². The average molecular weight is 579 g/mol. The molecule has 19 heteroatoms. The second-order valence-electron chi connectivity index (χ2n) is 7.69. The molecule has 0 aliphatic carbocycles. The molecule has 0 unspecified atom stereocenters. The average Bonchev–Trinajstić information content (AvgIpc) is 3.20. The van der Waals surface area contributed by atoms with E-state index in [2.05, 4.69) is 9.99 Å². The highest BCUT2D eigenvalue weighted by atomic mass is 19.4. The molecule has 2 rings (SSSR count). The van der Waals surface area contributed by atoms with Crippen molar-refractivity contribution in [3.63, 3.8) is 0 Å². The van der Waals surface area contributed by atoms with Gasteiger partial charge in [0.1, 0.15) is 6.10 Å². The summed E-state index contributed by atoms with van der Waals surface area (Å²) in [5.74, 6) is -56.5. The van der Waals surface area contributed by atoms with E-state index in [1.807, 2.05) is 0 Å². The van der Waals surface area contributed by atoms with Gasteiger partial charge in [-0.15, -0.1) is 0 Å². The van der Waals surface area contributed by atoms with Gasteiger partial charge < -0.3 is 4.84 Å². The van der Waals surface area contributed by atoms with Crippen LogP contribution in [0.15, 0.2) is 35.5 Å². The minimum absolute atomic E-state index is 0.129. The highest BCUT2D eigenvalue weighted by Gasteiger charge is 2.95. The minimum atomic E-state index is -8.64. The van der Waals surface area contributed by atoms with E-state index in [1.54, 1.807) is 0 Å². The lowest BCUT2D eigenvalue weighted by molar-refractivity contribution is -0.462. The summed E-state index contributed by atoms with van der Waals surface area (Å²) >= 11 is 0. The summed E-state index contributed by atoms with van der Waals surface area (Å²) in [7, 11) is 0. The van der Waals surface area contributed by atoms with E-state index < -0.39 is 66.6 Å². The third-order valence-electron chi connectivity index (χ3n) is 5.11. The maximum absolute atomic E-state index is 14.1. The molecule has 0 fully saturated rings. The van der Waals surface area contributed by atoms with Crippen LogP contribution >= 0.6 is 0 Å². The Labute approximate surface area is 194 Å². The standard InChI is InChI=1S/C18H10F17NO/c19-11(20,7-9-6-10(36-37-9)8-4-2-1-3-5-8)12(21,22)13(23,24)14(25,26)15(27,28)16(29,30)17(31,32)18(33,34)35/h1-5,9H,6-7H2/t9-/m0/s1. The van der Waals surface area contributed by atoms with Gasteiger partial charge in [-0.3, -0.25) is 0 Å². The molecule has 0 aromatic heterocycles. The molecule has 1 aromatic rings. The summed E-state index contributed by atoms with van der Waals surface area (Å²) in [5.41, 5.74) is -0.119. The van der Waals surface area contributed by atoms with Crippen LogP contribution in [0.5, 0.6) is 0 Å². The summed E-state index contributed by atoms with van der Waals surface area (Å²) < 4.78 is 226. The number of nitrogens with zero attached hydrogens (tertiary/aromatic N) is 1. The molecular weight excluding hydrogens is 569 g/mol. The maximum atomic E-state index is 14.1. The smallest absolute Gasteiger partial charge is 0.392 e. The fraction of sp³-hybridized carbons (Fsp3) is 0.611. The normalized spacial score (nSPS) is 19.1. The Bertz CT molecular complexity index is 999. The van der Waals surface area contributed by atoms with Crippen molar-refractivity contribution in [2.75, 3.05) is 0 Å². The Balaban J connectivity index is 2.39. The zero-order valence-electron chi connectivity index (χ0n) is 17.2. The van der Waals surface area contributed by atoms with Crippen LogP contribution in [0.3, 0.4) is 0 Å². The van der Waals surface area contributed by atoms with E-state index in [0.29, 0.717) is 0 Å². The second-order valence-corrected chi connectivity index (χ2v) is 7.69. The van der Waals surface area contributed by atoms with Gasteiger partial charge in [-0.25, -0.2) is 0 Å². The number of hydrogen-bond donors (Lipinski definition) is 0. The molecule has 0 amide bonds. The lowest BCUT2D eigenvalue weighted by atomic mass is 9.87. The van der Waals surface area contributed by atoms with Gasteiger partial charge in [0.05, 0.1) is 12.1 Å². The Hall–Kier alpha value is -2.50. The molecule has 37 heavy (non-hydrogen) atoms. The first-order chi connectivity index (χ1) is 16.3. The number of halogens is 17. The molecule has 1 aromatic carbocycles. The predicted octanol–water partition coefficient (Wildman–Crippen LogP) is 7.58. The van der Waals surface area contributed by atoms with E-state index in [0.717, 1.165) is 0 Å². The van der Waals surface area contributed by atoms with Gasteiger partial charge in [0.15, 0.2) is 0 Å². The third kappa shape index (κ3) is 4.44. The highest BCUT2D eigenvalue weighted by Crippen LogP contribution is 2.64. The molecule has 0 bridgehead atoms. The van der Waals surface area contributed by atoms with Crippen molar-refractivity contribution >= 4 is 5.71 Å². The first-order valence-corrected chi connectivity index (χ1v) is 9.29. The van der Waals surface area contributed by atoms with Crippen molar-refractivity contribution in [3.05, 3.63) is 35.9 Å². The molecule has 0 spiro atoms. The molecular formula is C18H10F17NO. The van der Waals surface area contributed by atoms with Crippen molar-refractivity contribution in [1.82, 2.24) is 0 Å². The Kier molecular flexibility index (Phi) is 7.29. The Morgan fingerprint density at radius 3 is 1.43 bits per heavy atom. The predicted molar refractivity (Wildman–Crippen MR) is 87.8 cm³/mol. The monoisotopic (exact) mass is 579 g/mol. The van der Waals surface area contributed by atoms with Crippen molar-refractivity contribution in [2.24, 2.45) is 5.16 Å². The van der Waals surface area contributed by atoms with Crippen molar-refractivity contribution in [1.29, 1.82) is 0 Å². The molecule has 1 atom stereocenters. The molecule has 0 saturated carbocycles. The van der Waals surface area contributed by atoms with Crippen LogP contribution in [0.25, 0.3) is 0 Å². The Morgan fingerprint density at radius 1 is 0.595 bits per heavy atom. The van der Waals surface area contributed by atoms with E-state index in [-0.39, 0.29) is 11.3 Å². The van der Waals surface area contributed by atoms with Gasteiger partial charge in [-0.05, 0) is 5.56 Å². The summed E-state index contributed by atoms with van der Waals surface area (Å²) in [4.78, 5) is 4.30. The lowest BCUT2D eigenvalue weighted by Gasteiger charge is -2.43. The third-order valence-corrected chi connectivity index (χ3v) is 5.11. The molecule has 1 heterocycles. The van der Waals surface area contributed by atoms with Gasteiger partial charge in [0.2, 0.25) is 0 Å². The van der Waals surface area contributed by atoms with Crippen molar-refractivity contribution in [3.8, 4) is 0 Å². The number of oxime groups is 1. The van der Waals surface area contributed by atoms with Crippen LogP contribution in [0, 0.1) is 0 Å². The van der Waals surface area contributed by atoms with Gasteiger partial charge in [-0.1, -0.05) is 35.5 Å². The number of alkyl halides is 17. The van der Waals surface area contributed by atoms with E-state index in [4.69, 9.17) is 0 Å². The molecule has 1 aliphatic rings. The number of hydrogen-bond acceptors (Lipinski definition) is 2. The van der Waals surface area contributed by atoms with E-state index >= 15 is 0 Å². The van der Waals surface area contributed by atoms with Gasteiger partial charge in [0.25, 0.3) is 0 Å².